The lowest BCUT2D eigenvalue weighted by Gasteiger charge is -2.08. The van der Waals surface area contributed by atoms with E-state index in [9.17, 15) is 18.0 Å². The van der Waals surface area contributed by atoms with Gasteiger partial charge in [0.2, 0.25) is 0 Å². The van der Waals surface area contributed by atoms with Crippen LogP contribution in [0.25, 0.3) is 11.1 Å². The summed E-state index contributed by atoms with van der Waals surface area (Å²) in [7, 11) is 0. The van der Waals surface area contributed by atoms with Crippen molar-refractivity contribution in [2.45, 2.75) is 0 Å². The van der Waals surface area contributed by atoms with E-state index in [0.717, 1.165) is 30.3 Å². The molecule has 98 valence electrons. The number of benzene rings is 2. The number of aromatic carboxylic acids is 1. The maximum Gasteiger partial charge on any atom is 0.335 e. The normalized spacial score (nSPS) is 10.5. The summed E-state index contributed by atoms with van der Waals surface area (Å²) in [5.74, 6) is -4.19. The van der Waals surface area contributed by atoms with Crippen LogP contribution in [0.5, 0.6) is 0 Å². The molecule has 0 aliphatic rings. The van der Waals surface area contributed by atoms with Gasteiger partial charge in [-0.1, -0.05) is 6.07 Å². The number of halogens is 4. The van der Waals surface area contributed by atoms with Gasteiger partial charge < -0.3 is 5.11 Å². The molecule has 2 aromatic carbocycles. The minimum atomic E-state index is -1.32. The molecule has 1 N–H and O–H groups in total. The number of hydrogen-bond donors (Lipinski definition) is 1. The van der Waals surface area contributed by atoms with Gasteiger partial charge in [-0.2, -0.15) is 0 Å². The Hall–Kier alpha value is -1.82. The number of rotatable bonds is 2. The molecule has 0 bridgehead atoms. The Kier molecular flexibility index (Phi) is 3.61. The highest BCUT2D eigenvalue weighted by atomic mass is 79.9. The van der Waals surface area contributed by atoms with E-state index in [2.05, 4.69) is 15.9 Å². The molecule has 0 saturated carbocycles. The summed E-state index contributed by atoms with van der Waals surface area (Å²) in [4.78, 5) is 10.7. The van der Waals surface area contributed by atoms with Crippen molar-refractivity contribution in [2.75, 3.05) is 0 Å². The molecule has 0 unspecified atom stereocenters. The zero-order valence-corrected chi connectivity index (χ0v) is 10.8. The zero-order chi connectivity index (χ0) is 14.2. The predicted octanol–water partition coefficient (Wildman–Crippen LogP) is 4.23. The van der Waals surface area contributed by atoms with E-state index in [1.165, 1.54) is 0 Å². The molecule has 2 rings (SSSR count). The Labute approximate surface area is 114 Å². The molecule has 19 heavy (non-hydrogen) atoms. The highest BCUT2D eigenvalue weighted by molar-refractivity contribution is 9.10. The lowest BCUT2D eigenvalue weighted by molar-refractivity contribution is 0.0696. The van der Waals surface area contributed by atoms with Gasteiger partial charge >= 0.3 is 5.97 Å². The topological polar surface area (TPSA) is 37.3 Å². The van der Waals surface area contributed by atoms with Crippen LogP contribution in [-0.4, -0.2) is 11.1 Å². The zero-order valence-electron chi connectivity index (χ0n) is 9.25. The lowest BCUT2D eigenvalue weighted by Crippen LogP contribution is -1.99. The summed E-state index contributed by atoms with van der Waals surface area (Å²) in [6.07, 6.45) is 0. The lowest BCUT2D eigenvalue weighted by atomic mass is 10.0. The van der Waals surface area contributed by atoms with Crippen molar-refractivity contribution in [3.8, 4) is 11.1 Å². The monoisotopic (exact) mass is 330 g/mol. The van der Waals surface area contributed by atoms with Crippen LogP contribution in [-0.2, 0) is 0 Å². The van der Waals surface area contributed by atoms with Gasteiger partial charge in [-0.25, -0.2) is 18.0 Å². The fourth-order valence-electron chi connectivity index (χ4n) is 1.62. The number of carboxylic acid groups (broad SMARTS) is 1. The second-order valence-corrected chi connectivity index (χ2v) is 4.57. The van der Waals surface area contributed by atoms with Gasteiger partial charge in [-0.05, 0) is 40.2 Å². The van der Waals surface area contributed by atoms with Crippen molar-refractivity contribution >= 4 is 21.9 Å². The van der Waals surface area contributed by atoms with E-state index in [4.69, 9.17) is 5.11 Å². The summed E-state index contributed by atoms with van der Waals surface area (Å²) in [6.45, 7) is 0. The molecule has 0 aromatic heterocycles. The fourth-order valence-corrected chi connectivity index (χ4v) is 1.96. The minimum Gasteiger partial charge on any atom is -0.478 e. The second kappa shape index (κ2) is 5.05. The molecule has 0 aliphatic carbocycles. The van der Waals surface area contributed by atoms with E-state index >= 15 is 0 Å². The van der Waals surface area contributed by atoms with Crippen LogP contribution in [0.2, 0.25) is 0 Å². The second-order valence-electron chi connectivity index (χ2n) is 3.72. The summed E-state index contributed by atoms with van der Waals surface area (Å²) in [5.41, 5.74) is -1.16. The standard InChI is InChI=1S/C13H6BrF3O2/c14-8-3-4-9(15)11(12(8)17)7-2-1-6(13(18)19)5-10(7)16/h1-5H,(H,18,19). The highest BCUT2D eigenvalue weighted by Crippen LogP contribution is 2.32. The number of carbonyl (C=O) groups is 1. The SMILES string of the molecule is O=C(O)c1ccc(-c2c(F)ccc(Br)c2F)c(F)c1. The smallest absolute Gasteiger partial charge is 0.335 e. The van der Waals surface area contributed by atoms with Crippen LogP contribution < -0.4 is 0 Å². The van der Waals surface area contributed by atoms with Gasteiger partial charge in [0.25, 0.3) is 0 Å². The molecule has 0 aliphatic heterocycles. The fraction of sp³-hybridized carbons (Fsp3) is 0. The minimum absolute atomic E-state index is 0.00869. The Morgan fingerprint density at radius 1 is 1.05 bits per heavy atom. The highest BCUT2D eigenvalue weighted by Gasteiger charge is 2.18. The molecule has 0 spiro atoms. The Morgan fingerprint density at radius 2 is 1.74 bits per heavy atom. The van der Waals surface area contributed by atoms with E-state index in [-0.39, 0.29) is 15.6 Å². The maximum absolute atomic E-state index is 13.8. The molecule has 0 fully saturated rings. The average molecular weight is 331 g/mol. The van der Waals surface area contributed by atoms with Crippen molar-refractivity contribution in [2.24, 2.45) is 0 Å². The van der Waals surface area contributed by atoms with Crippen molar-refractivity contribution in [3.63, 3.8) is 0 Å². The molecule has 0 saturated heterocycles. The van der Waals surface area contributed by atoms with Crippen molar-refractivity contribution < 1.29 is 23.1 Å². The summed E-state index contributed by atoms with van der Waals surface area (Å²) >= 11 is 2.88. The third-order valence-electron chi connectivity index (χ3n) is 2.53. The van der Waals surface area contributed by atoms with Crippen molar-refractivity contribution in [3.05, 3.63) is 57.8 Å². The Bertz CT molecular complexity index is 671. The number of hydrogen-bond acceptors (Lipinski definition) is 1. The molecule has 2 nitrogen and oxygen atoms in total. The van der Waals surface area contributed by atoms with Crippen LogP contribution >= 0.6 is 15.9 Å². The maximum atomic E-state index is 13.8. The predicted molar refractivity (Wildman–Crippen MR) is 66.4 cm³/mol. The van der Waals surface area contributed by atoms with E-state index < -0.39 is 29.0 Å². The van der Waals surface area contributed by atoms with Gasteiger partial charge in [0.05, 0.1) is 15.6 Å². The van der Waals surface area contributed by atoms with Crippen LogP contribution in [0, 0.1) is 17.5 Å². The van der Waals surface area contributed by atoms with Crippen LogP contribution in [0.15, 0.2) is 34.8 Å². The Morgan fingerprint density at radius 3 is 2.32 bits per heavy atom. The molecule has 0 heterocycles. The van der Waals surface area contributed by atoms with Gasteiger partial charge in [-0.15, -0.1) is 0 Å². The quantitative estimate of drug-likeness (QED) is 0.836. The van der Waals surface area contributed by atoms with Crippen LogP contribution in [0.4, 0.5) is 13.2 Å². The molecule has 0 atom stereocenters. The molecular weight excluding hydrogens is 325 g/mol. The van der Waals surface area contributed by atoms with Crippen LogP contribution in [0.3, 0.4) is 0 Å². The number of carboxylic acids is 1. The first-order valence-electron chi connectivity index (χ1n) is 5.08. The van der Waals surface area contributed by atoms with E-state index in [0.29, 0.717) is 0 Å². The van der Waals surface area contributed by atoms with Gasteiger partial charge in [0.15, 0.2) is 0 Å². The average Bonchev–Trinajstić information content (AvgIpc) is 2.36. The third-order valence-corrected chi connectivity index (χ3v) is 3.14. The van der Waals surface area contributed by atoms with Crippen molar-refractivity contribution in [1.82, 2.24) is 0 Å². The van der Waals surface area contributed by atoms with E-state index in [1.807, 2.05) is 0 Å². The van der Waals surface area contributed by atoms with E-state index in [1.54, 1.807) is 0 Å². The molecule has 0 radical (unpaired) electrons. The molecular formula is C13H6BrF3O2. The van der Waals surface area contributed by atoms with Crippen LogP contribution in [0.1, 0.15) is 10.4 Å². The van der Waals surface area contributed by atoms with Gasteiger partial charge in [-0.3, -0.25) is 0 Å². The summed E-state index contributed by atoms with van der Waals surface area (Å²) in [6, 6.07) is 5.00. The molecule has 2 aromatic rings. The summed E-state index contributed by atoms with van der Waals surface area (Å²) in [5, 5.41) is 8.70. The van der Waals surface area contributed by atoms with Gasteiger partial charge in [0, 0.05) is 5.56 Å². The largest absolute Gasteiger partial charge is 0.478 e. The first-order chi connectivity index (χ1) is 8.91. The first kappa shape index (κ1) is 13.6. The molecule has 6 heteroatoms. The van der Waals surface area contributed by atoms with Crippen molar-refractivity contribution in [1.29, 1.82) is 0 Å². The first-order valence-corrected chi connectivity index (χ1v) is 5.88. The third kappa shape index (κ3) is 2.49. The van der Waals surface area contributed by atoms with Gasteiger partial charge in [0.1, 0.15) is 17.5 Å². The Balaban J connectivity index is 2.66. The summed E-state index contributed by atoms with van der Waals surface area (Å²) < 4.78 is 41.2. The molecule has 0 amide bonds.